The van der Waals surface area contributed by atoms with Crippen LogP contribution in [0.2, 0.25) is 0 Å². The van der Waals surface area contributed by atoms with Gasteiger partial charge >= 0.3 is 6.03 Å². The van der Waals surface area contributed by atoms with E-state index in [1.54, 1.807) is 22.7 Å². The van der Waals surface area contributed by atoms with Crippen LogP contribution in [0.15, 0.2) is 18.3 Å². The zero-order chi connectivity index (χ0) is 26.4. The van der Waals surface area contributed by atoms with Crippen LogP contribution in [-0.4, -0.2) is 83.0 Å². The molecule has 196 valence electrons. The molecule has 37 heavy (non-hydrogen) atoms. The molecule has 10 nitrogen and oxygen atoms in total. The maximum atomic E-state index is 13.3. The van der Waals surface area contributed by atoms with Gasteiger partial charge in [0.05, 0.1) is 19.3 Å². The van der Waals surface area contributed by atoms with E-state index < -0.39 is 0 Å². The quantitative estimate of drug-likeness (QED) is 0.525. The molecule has 2 aromatic heterocycles. The highest BCUT2D eigenvalue weighted by Crippen LogP contribution is 2.29. The molecule has 0 atom stereocenters. The molecule has 2 aromatic rings. The third-order valence-corrected chi connectivity index (χ3v) is 7.35. The molecule has 0 aliphatic carbocycles. The predicted molar refractivity (Wildman–Crippen MR) is 144 cm³/mol. The number of pyridine rings is 2. The number of rotatable bonds is 8. The van der Waals surface area contributed by atoms with Crippen LogP contribution in [-0.2, 0) is 17.8 Å². The van der Waals surface area contributed by atoms with E-state index in [0.717, 1.165) is 47.7 Å². The van der Waals surface area contributed by atoms with Crippen LogP contribution in [0.3, 0.4) is 0 Å². The molecule has 0 saturated carbocycles. The van der Waals surface area contributed by atoms with Gasteiger partial charge in [0.1, 0.15) is 29.0 Å². The van der Waals surface area contributed by atoms with E-state index >= 15 is 0 Å². The minimum atomic E-state index is -0.334. The molecule has 0 spiro atoms. The van der Waals surface area contributed by atoms with Crippen molar-refractivity contribution in [2.45, 2.75) is 33.2 Å². The molecule has 3 amide bonds. The van der Waals surface area contributed by atoms with E-state index in [1.807, 2.05) is 23.8 Å². The number of hydrogen-bond acceptors (Lipinski definition) is 8. The number of piperazine rings is 1. The lowest BCUT2D eigenvalue weighted by atomic mass is 10.0. The number of urea groups is 1. The monoisotopic (exact) mass is 523 g/mol. The molecule has 0 bridgehead atoms. The first-order valence-corrected chi connectivity index (χ1v) is 13.7. The van der Waals surface area contributed by atoms with Gasteiger partial charge in [-0.2, -0.15) is 17.0 Å². The first-order chi connectivity index (χ1) is 17.9. The SMILES string of the molecule is CCSCCOc1cc(NC(=O)N2CCCc3cc(CN4CCN(C)CC4=O)c(C)nc32)ncc1C#N. The lowest BCUT2D eigenvalue weighted by molar-refractivity contribution is -0.136. The van der Waals surface area contributed by atoms with E-state index in [9.17, 15) is 14.9 Å². The standard InChI is InChI=1S/C26H33N7O3S/c1-4-37-11-10-36-22-13-23(28-15-21(22)14-27)30-26(35)33-7-5-6-19-12-20(18(2)29-25(19)33)16-32-9-8-31(3)17-24(32)34/h12-13,15H,4-11,16-17H2,1-3H3,(H,28,30,35). The summed E-state index contributed by atoms with van der Waals surface area (Å²) in [6.07, 6.45) is 3.04. The van der Waals surface area contributed by atoms with Crippen LogP contribution in [0.4, 0.5) is 16.4 Å². The summed E-state index contributed by atoms with van der Waals surface area (Å²) in [7, 11) is 1.95. The molecule has 0 aromatic carbocycles. The molecule has 0 unspecified atom stereocenters. The zero-order valence-corrected chi connectivity index (χ0v) is 22.4. The Morgan fingerprint density at radius 2 is 2.14 bits per heavy atom. The van der Waals surface area contributed by atoms with Gasteiger partial charge in [0, 0.05) is 43.7 Å². The van der Waals surface area contributed by atoms with Gasteiger partial charge in [0.2, 0.25) is 5.91 Å². The number of amides is 3. The summed E-state index contributed by atoms with van der Waals surface area (Å²) in [6, 6.07) is 5.43. The molecule has 1 saturated heterocycles. The van der Waals surface area contributed by atoms with Crippen molar-refractivity contribution < 1.29 is 14.3 Å². The van der Waals surface area contributed by atoms with E-state index in [2.05, 4.69) is 29.4 Å². The molecule has 1 N–H and O–H groups in total. The molecule has 1 fully saturated rings. The van der Waals surface area contributed by atoms with Gasteiger partial charge in [-0.25, -0.2) is 14.8 Å². The Balaban J connectivity index is 1.48. The summed E-state index contributed by atoms with van der Waals surface area (Å²) in [5.41, 5.74) is 3.14. The fourth-order valence-electron chi connectivity index (χ4n) is 4.43. The highest BCUT2D eigenvalue weighted by Gasteiger charge is 2.27. The summed E-state index contributed by atoms with van der Waals surface area (Å²) in [5.74, 6) is 3.28. The summed E-state index contributed by atoms with van der Waals surface area (Å²) < 4.78 is 5.77. The first-order valence-electron chi connectivity index (χ1n) is 12.5. The Morgan fingerprint density at radius 3 is 2.89 bits per heavy atom. The third-order valence-electron chi connectivity index (χ3n) is 6.48. The number of nitrogens with zero attached hydrogens (tertiary/aromatic N) is 6. The lowest BCUT2D eigenvalue weighted by Gasteiger charge is -2.33. The van der Waals surface area contributed by atoms with Crippen LogP contribution >= 0.6 is 11.8 Å². The second-order valence-electron chi connectivity index (χ2n) is 9.18. The molecular formula is C26H33N7O3S. The van der Waals surface area contributed by atoms with E-state index in [0.29, 0.717) is 55.7 Å². The van der Waals surface area contributed by atoms with Crippen molar-refractivity contribution in [2.75, 3.05) is 61.6 Å². The molecular weight excluding hydrogens is 490 g/mol. The number of aromatic nitrogens is 2. The third kappa shape index (κ3) is 6.50. The molecule has 4 rings (SSSR count). The van der Waals surface area contributed by atoms with Crippen molar-refractivity contribution in [1.29, 1.82) is 5.26 Å². The number of hydrogen-bond donors (Lipinski definition) is 1. The number of carbonyl (C=O) groups is 2. The topological polar surface area (TPSA) is 115 Å². The number of nitriles is 1. The number of aryl methyl sites for hydroxylation is 2. The van der Waals surface area contributed by atoms with Crippen LogP contribution in [0.25, 0.3) is 0 Å². The van der Waals surface area contributed by atoms with Gasteiger partial charge in [0.15, 0.2) is 0 Å². The van der Waals surface area contributed by atoms with Crippen molar-refractivity contribution in [3.63, 3.8) is 0 Å². The zero-order valence-electron chi connectivity index (χ0n) is 21.6. The highest BCUT2D eigenvalue weighted by molar-refractivity contribution is 7.99. The Labute approximate surface area is 222 Å². The van der Waals surface area contributed by atoms with Gasteiger partial charge in [-0.15, -0.1) is 0 Å². The fraction of sp³-hybridized carbons (Fsp3) is 0.500. The van der Waals surface area contributed by atoms with Gasteiger partial charge in [0.25, 0.3) is 0 Å². The predicted octanol–water partition coefficient (Wildman–Crippen LogP) is 3.05. The van der Waals surface area contributed by atoms with E-state index in [1.165, 1.54) is 6.20 Å². The van der Waals surface area contributed by atoms with Crippen LogP contribution < -0.4 is 15.0 Å². The second kappa shape index (κ2) is 12.3. The van der Waals surface area contributed by atoms with Crippen molar-refractivity contribution in [3.8, 4) is 11.8 Å². The normalized spacial score (nSPS) is 15.8. The van der Waals surface area contributed by atoms with Crippen LogP contribution in [0.1, 0.15) is 35.7 Å². The lowest BCUT2D eigenvalue weighted by Crippen LogP contribution is -2.48. The van der Waals surface area contributed by atoms with Crippen molar-refractivity contribution >= 4 is 35.3 Å². The maximum Gasteiger partial charge on any atom is 0.328 e. The van der Waals surface area contributed by atoms with Crippen molar-refractivity contribution in [1.82, 2.24) is 19.8 Å². The number of thioether (sulfide) groups is 1. The van der Waals surface area contributed by atoms with Gasteiger partial charge in [-0.1, -0.05) is 6.92 Å². The highest BCUT2D eigenvalue weighted by atomic mass is 32.2. The summed E-state index contributed by atoms with van der Waals surface area (Å²) >= 11 is 1.75. The molecule has 4 heterocycles. The molecule has 0 radical (unpaired) electrons. The van der Waals surface area contributed by atoms with Crippen LogP contribution in [0.5, 0.6) is 5.75 Å². The number of anilines is 2. The minimum Gasteiger partial charge on any atom is -0.491 e. The Morgan fingerprint density at radius 1 is 1.30 bits per heavy atom. The van der Waals surface area contributed by atoms with E-state index in [4.69, 9.17) is 9.72 Å². The fourth-order valence-corrected chi connectivity index (χ4v) is 4.92. The largest absolute Gasteiger partial charge is 0.491 e. The maximum absolute atomic E-state index is 13.3. The van der Waals surface area contributed by atoms with Crippen LogP contribution in [0, 0.1) is 18.3 Å². The average molecular weight is 524 g/mol. The number of fused-ring (bicyclic) bond motifs is 1. The minimum absolute atomic E-state index is 0.120. The molecule has 11 heteroatoms. The van der Waals surface area contributed by atoms with Crippen molar-refractivity contribution in [2.24, 2.45) is 0 Å². The average Bonchev–Trinajstić information content (AvgIpc) is 2.88. The van der Waals surface area contributed by atoms with Gasteiger partial charge in [-0.05, 0) is 49.8 Å². The van der Waals surface area contributed by atoms with Gasteiger partial charge in [-0.3, -0.25) is 19.9 Å². The van der Waals surface area contributed by atoms with Gasteiger partial charge < -0.3 is 9.64 Å². The number of likely N-dealkylation sites (N-methyl/N-ethyl adjacent to an activating group) is 1. The Hall–Kier alpha value is -3.36. The number of carbonyl (C=O) groups excluding carboxylic acids is 2. The summed E-state index contributed by atoms with van der Waals surface area (Å²) in [5, 5.41) is 12.2. The summed E-state index contributed by atoms with van der Waals surface area (Å²) in [4.78, 5) is 40.2. The first kappa shape index (κ1) is 26.7. The Bertz CT molecular complexity index is 1200. The smallest absolute Gasteiger partial charge is 0.328 e. The molecule has 2 aliphatic heterocycles. The number of nitrogens with one attached hydrogen (secondary N) is 1. The number of ether oxygens (including phenoxy) is 1. The summed E-state index contributed by atoms with van der Waals surface area (Å²) in [6.45, 7) is 7.51. The molecule has 2 aliphatic rings. The second-order valence-corrected chi connectivity index (χ2v) is 10.6. The Kier molecular flexibility index (Phi) is 8.84. The van der Waals surface area contributed by atoms with E-state index in [-0.39, 0.29) is 11.9 Å². The van der Waals surface area contributed by atoms with Crippen molar-refractivity contribution in [3.05, 3.63) is 40.7 Å².